The summed E-state index contributed by atoms with van der Waals surface area (Å²) < 4.78 is 0. The zero-order chi connectivity index (χ0) is 17.0. The van der Waals surface area contributed by atoms with E-state index in [1.165, 1.54) is 18.2 Å². The molecule has 0 saturated heterocycles. The summed E-state index contributed by atoms with van der Waals surface area (Å²) in [5.74, 6) is -1.44. The number of phenolic OH excluding ortho intramolecular Hbond substituents is 2. The van der Waals surface area contributed by atoms with Gasteiger partial charge in [0.25, 0.3) is 5.91 Å². The number of rotatable bonds is 3. The molecule has 5 N–H and O–H groups in total. The first kappa shape index (κ1) is 15.9. The van der Waals surface area contributed by atoms with Gasteiger partial charge in [-0.15, -0.1) is 0 Å². The molecule has 23 heavy (non-hydrogen) atoms. The Labute approximate surface area is 133 Å². The number of phenols is 2. The summed E-state index contributed by atoms with van der Waals surface area (Å²) in [6, 6.07) is 11.5. The van der Waals surface area contributed by atoms with Crippen molar-refractivity contribution in [3.05, 3.63) is 53.1 Å². The Hall–Kier alpha value is -3.46. The van der Waals surface area contributed by atoms with Crippen molar-refractivity contribution in [3.8, 4) is 17.6 Å². The molecule has 0 aromatic heterocycles. The first-order valence-electron chi connectivity index (χ1n) is 6.72. The average Bonchev–Trinajstić information content (AvgIpc) is 2.50. The van der Waals surface area contributed by atoms with Gasteiger partial charge in [-0.25, -0.2) is 0 Å². The fourth-order valence-corrected chi connectivity index (χ4v) is 1.98. The number of anilines is 2. The van der Waals surface area contributed by atoms with Crippen LogP contribution in [0, 0.1) is 18.3 Å². The lowest BCUT2D eigenvalue weighted by atomic mass is 10.1. The van der Waals surface area contributed by atoms with Crippen LogP contribution in [0.1, 0.15) is 11.1 Å². The average molecular weight is 309 g/mol. The van der Waals surface area contributed by atoms with Gasteiger partial charge in [-0.3, -0.25) is 4.79 Å². The summed E-state index contributed by atoms with van der Waals surface area (Å²) >= 11 is 0. The molecule has 6 heteroatoms. The van der Waals surface area contributed by atoms with Crippen LogP contribution < -0.4 is 11.1 Å². The van der Waals surface area contributed by atoms with Gasteiger partial charge in [-0.2, -0.15) is 5.26 Å². The number of hydrogen-bond donors (Lipinski definition) is 4. The van der Waals surface area contributed by atoms with Gasteiger partial charge in [0.2, 0.25) is 0 Å². The van der Waals surface area contributed by atoms with Crippen molar-refractivity contribution in [3.63, 3.8) is 0 Å². The monoisotopic (exact) mass is 309 g/mol. The van der Waals surface area contributed by atoms with Crippen molar-refractivity contribution < 1.29 is 15.0 Å². The van der Waals surface area contributed by atoms with Crippen molar-refractivity contribution in [2.24, 2.45) is 0 Å². The number of aromatic hydroxyl groups is 2. The van der Waals surface area contributed by atoms with E-state index in [9.17, 15) is 15.0 Å². The lowest BCUT2D eigenvalue weighted by Gasteiger charge is -2.06. The van der Waals surface area contributed by atoms with Crippen LogP contribution in [0.4, 0.5) is 11.4 Å². The minimum atomic E-state index is -0.579. The smallest absolute Gasteiger partial charge is 0.266 e. The normalized spacial score (nSPS) is 10.9. The van der Waals surface area contributed by atoms with Crippen LogP contribution in [0.15, 0.2) is 42.0 Å². The molecule has 2 rings (SSSR count). The van der Waals surface area contributed by atoms with Gasteiger partial charge in [0, 0.05) is 5.69 Å². The van der Waals surface area contributed by atoms with Crippen molar-refractivity contribution in [1.82, 2.24) is 0 Å². The van der Waals surface area contributed by atoms with Gasteiger partial charge in [-0.05, 0) is 48.4 Å². The Bertz CT molecular complexity index is 812. The second kappa shape index (κ2) is 6.54. The number of nitrogens with zero attached hydrogens (tertiary/aromatic N) is 1. The fraction of sp³-hybridized carbons (Fsp3) is 0.0588. The van der Waals surface area contributed by atoms with Gasteiger partial charge in [-0.1, -0.05) is 12.1 Å². The zero-order valence-corrected chi connectivity index (χ0v) is 12.4. The van der Waals surface area contributed by atoms with E-state index in [0.29, 0.717) is 11.3 Å². The number of nitrogens with one attached hydrogen (secondary N) is 1. The number of carbonyl (C=O) groups excluding carboxylic acids is 1. The van der Waals surface area contributed by atoms with Gasteiger partial charge in [0.1, 0.15) is 11.6 Å². The number of benzene rings is 2. The molecule has 0 radical (unpaired) electrons. The van der Waals surface area contributed by atoms with Crippen LogP contribution in [0.25, 0.3) is 6.08 Å². The third-order valence-corrected chi connectivity index (χ3v) is 3.09. The first-order valence-corrected chi connectivity index (χ1v) is 6.72. The Balaban J connectivity index is 2.28. The summed E-state index contributed by atoms with van der Waals surface area (Å²) in [5.41, 5.74) is 7.20. The maximum absolute atomic E-state index is 12.2. The van der Waals surface area contributed by atoms with E-state index in [1.807, 2.05) is 13.0 Å². The van der Waals surface area contributed by atoms with E-state index in [2.05, 4.69) is 5.32 Å². The van der Waals surface area contributed by atoms with E-state index in [0.717, 1.165) is 5.56 Å². The van der Waals surface area contributed by atoms with Crippen molar-refractivity contribution in [1.29, 1.82) is 5.26 Å². The molecular weight excluding hydrogens is 294 g/mol. The molecule has 2 aromatic carbocycles. The van der Waals surface area contributed by atoms with Gasteiger partial charge in [0.15, 0.2) is 11.5 Å². The Morgan fingerprint density at radius 1 is 1.30 bits per heavy atom. The minimum Gasteiger partial charge on any atom is -0.504 e. The van der Waals surface area contributed by atoms with Crippen LogP contribution in [-0.2, 0) is 4.79 Å². The Morgan fingerprint density at radius 2 is 2.04 bits per heavy atom. The van der Waals surface area contributed by atoms with Crippen LogP contribution >= 0.6 is 0 Å². The van der Waals surface area contributed by atoms with Crippen molar-refractivity contribution >= 4 is 23.4 Å². The number of carbonyl (C=O) groups is 1. The molecule has 0 aliphatic rings. The summed E-state index contributed by atoms with van der Waals surface area (Å²) in [7, 11) is 0. The second-order valence-corrected chi connectivity index (χ2v) is 4.97. The van der Waals surface area contributed by atoms with Crippen LogP contribution in [0.5, 0.6) is 11.5 Å². The lowest BCUT2D eigenvalue weighted by molar-refractivity contribution is -0.112. The summed E-state index contributed by atoms with van der Waals surface area (Å²) in [4.78, 5) is 12.2. The molecule has 2 aromatic rings. The minimum absolute atomic E-state index is 0.0485. The summed E-state index contributed by atoms with van der Waals surface area (Å²) in [5, 5.41) is 30.7. The molecule has 1 amide bonds. The molecule has 0 saturated carbocycles. The maximum Gasteiger partial charge on any atom is 0.266 e. The predicted molar refractivity (Wildman–Crippen MR) is 87.6 cm³/mol. The standard InChI is InChI=1S/C17H15N3O3/c1-10-3-2-4-13(5-10)20-17(23)12(9-18)6-11-7-14(19)16(22)15(21)8-11/h2-8,21-22H,19H2,1H3,(H,20,23)/b12-6+. The molecule has 0 heterocycles. The maximum atomic E-state index is 12.2. The van der Waals surface area contributed by atoms with Gasteiger partial charge < -0.3 is 21.3 Å². The topological polar surface area (TPSA) is 119 Å². The summed E-state index contributed by atoms with van der Waals surface area (Å²) in [6.07, 6.45) is 1.28. The quantitative estimate of drug-likeness (QED) is 0.300. The Kier molecular flexibility index (Phi) is 4.52. The zero-order valence-electron chi connectivity index (χ0n) is 12.4. The first-order chi connectivity index (χ1) is 10.9. The number of amides is 1. The van der Waals surface area contributed by atoms with E-state index >= 15 is 0 Å². The molecule has 0 aliphatic heterocycles. The van der Waals surface area contributed by atoms with E-state index in [4.69, 9.17) is 11.0 Å². The molecule has 0 atom stereocenters. The predicted octanol–water partition coefficient (Wildman–Crippen LogP) is 2.53. The molecule has 0 spiro atoms. The highest BCUT2D eigenvalue weighted by atomic mass is 16.3. The third-order valence-electron chi connectivity index (χ3n) is 3.09. The number of aryl methyl sites for hydroxylation is 1. The highest BCUT2D eigenvalue weighted by Crippen LogP contribution is 2.33. The SMILES string of the molecule is Cc1cccc(NC(=O)/C(C#N)=C/c2cc(N)c(O)c(O)c2)c1. The molecule has 0 bridgehead atoms. The number of nitrogen functional groups attached to an aromatic ring is 1. The molecule has 0 unspecified atom stereocenters. The third kappa shape index (κ3) is 3.80. The lowest BCUT2D eigenvalue weighted by Crippen LogP contribution is -2.13. The van der Waals surface area contributed by atoms with Crippen LogP contribution in [-0.4, -0.2) is 16.1 Å². The molecule has 6 nitrogen and oxygen atoms in total. The van der Waals surface area contributed by atoms with E-state index in [-0.39, 0.29) is 11.3 Å². The van der Waals surface area contributed by atoms with Gasteiger partial charge >= 0.3 is 0 Å². The number of nitriles is 1. The number of hydrogen-bond acceptors (Lipinski definition) is 5. The molecule has 0 aliphatic carbocycles. The molecule has 116 valence electrons. The highest BCUT2D eigenvalue weighted by molar-refractivity contribution is 6.09. The highest BCUT2D eigenvalue weighted by Gasteiger charge is 2.11. The van der Waals surface area contributed by atoms with Crippen molar-refractivity contribution in [2.45, 2.75) is 6.92 Å². The number of nitrogens with two attached hydrogens (primary N) is 1. The Morgan fingerprint density at radius 3 is 2.65 bits per heavy atom. The van der Waals surface area contributed by atoms with Crippen LogP contribution in [0.2, 0.25) is 0 Å². The van der Waals surface area contributed by atoms with E-state index in [1.54, 1.807) is 24.3 Å². The molecular formula is C17H15N3O3. The largest absolute Gasteiger partial charge is 0.504 e. The van der Waals surface area contributed by atoms with Gasteiger partial charge in [0.05, 0.1) is 5.69 Å². The van der Waals surface area contributed by atoms with Crippen LogP contribution in [0.3, 0.4) is 0 Å². The van der Waals surface area contributed by atoms with Crippen molar-refractivity contribution in [2.75, 3.05) is 11.1 Å². The van der Waals surface area contributed by atoms with E-state index < -0.39 is 17.4 Å². The fourth-order valence-electron chi connectivity index (χ4n) is 1.98. The molecule has 0 fully saturated rings. The summed E-state index contributed by atoms with van der Waals surface area (Å²) in [6.45, 7) is 1.89. The second-order valence-electron chi connectivity index (χ2n) is 4.97.